The molecule has 0 bridgehead atoms. The van der Waals surface area contributed by atoms with Crippen molar-refractivity contribution in [1.82, 2.24) is 5.32 Å². The van der Waals surface area contributed by atoms with E-state index in [0.717, 1.165) is 19.3 Å². The summed E-state index contributed by atoms with van der Waals surface area (Å²) in [6.07, 6.45) is 7.63. The Labute approximate surface area is 109 Å². The van der Waals surface area contributed by atoms with Gasteiger partial charge in [-0.15, -0.1) is 0 Å². The molecule has 1 amide bonds. The molecule has 3 N–H and O–H groups in total. The van der Waals surface area contributed by atoms with Crippen molar-refractivity contribution in [3.63, 3.8) is 0 Å². The average Bonchev–Trinajstić information content (AvgIpc) is 2.28. The van der Waals surface area contributed by atoms with Crippen LogP contribution in [0.5, 0.6) is 0 Å². The fourth-order valence-electron chi connectivity index (χ4n) is 2.41. The van der Waals surface area contributed by atoms with Gasteiger partial charge >= 0.3 is 0 Å². The van der Waals surface area contributed by atoms with Crippen LogP contribution in [0.15, 0.2) is 0 Å². The van der Waals surface area contributed by atoms with Crippen molar-refractivity contribution in [3.05, 3.63) is 0 Å². The van der Waals surface area contributed by atoms with Crippen LogP contribution in [0.3, 0.4) is 0 Å². The molecular formula is C13H26N2OS. The second-order valence-electron chi connectivity index (χ2n) is 5.47. The number of thioether (sulfide) groups is 1. The molecule has 0 spiro atoms. The third kappa shape index (κ3) is 5.30. The Morgan fingerprint density at radius 2 is 2.18 bits per heavy atom. The van der Waals surface area contributed by atoms with Crippen molar-refractivity contribution in [2.75, 3.05) is 6.26 Å². The topological polar surface area (TPSA) is 55.1 Å². The van der Waals surface area contributed by atoms with Crippen LogP contribution < -0.4 is 11.1 Å². The monoisotopic (exact) mass is 258 g/mol. The molecule has 1 saturated carbocycles. The molecule has 0 aromatic carbocycles. The molecule has 17 heavy (non-hydrogen) atoms. The van der Waals surface area contributed by atoms with Gasteiger partial charge in [-0.2, -0.15) is 11.8 Å². The highest BCUT2D eigenvalue weighted by Crippen LogP contribution is 2.26. The summed E-state index contributed by atoms with van der Waals surface area (Å²) >= 11 is 1.91. The van der Waals surface area contributed by atoms with Crippen molar-refractivity contribution in [2.24, 2.45) is 11.7 Å². The van der Waals surface area contributed by atoms with Crippen LogP contribution in [-0.2, 0) is 4.79 Å². The van der Waals surface area contributed by atoms with Gasteiger partial charge in [0.1, 0.15) is 0 Å². The van der Waals surface area contributed by atoms with Gasteiger partial charge in [-0.05, 0) is 37.9 Å². The second kappa shape index (κ2) is 7.27. The minimum Gasteiger partial charge on any atom is -0.352 e. The maximum Gasteiger partial charge on any atom is 0.237 e. The van der Waals surface area contributed by atoms with Gasteiger partial charge < -0.3 is 11.1 Å². The van der Waals surface area contributed by atoms with Crippen molar-refractivity contribution in [3.8, 4) is 0 Å². The van der Waals surface area contributed by atoms with E-state index < -0.39 is 0 Å². The molecule has 3 nitrogen and oxygen atoms in total. The van der Waals surface area contributed by atoms with Gasteiger partial charge in [-0.3, -0.25) is 4.79 Å². The SMILES string of the molecule is CSC1CCCC(NC(=O)[C@@H](N)CC(C)C)C1. The van der Waals surface area contributed by atoms with Gasteiger partial charge in [0.05, 0.1) is 6.04 Å². The predicted molar refractivity (Wildman–Crippen MR) is 75.1 cm³/mol. The lowest BCUT2D eigenvalue weighted by atomic mass is 9.94. The van der Waals surface area contributed by atoms with Gasteiger partial charge in [0.15, 0.2) is 0 Å². The van der Waals surface area contributed by atoms with E-state index in [-0.39, 0.29) is 11.9 Å². The molecule has 100 valence electrons. The lowest BCUT2D eigenvalue weighted by Crippen LogP contribution is -2.47. The number of hydrogen-bond donors (Lipinski definition) is 2. The van der Waals surface area contributed by atoms with Crippen molar-refractivity contribution in [2.45, 2.75) is 63.3 Å². The predicted octanol–water partition coefficient (Wildman–Crippen LogP) is 2.15. The van der Waals surface area contributed by atoms with Gasteiger partial charge in [0.25, 0.3) is 0 Å². The first kappa shape index (κ1) is 14.8. The number of nitrogens with two attached hydrogens (primary N) is 1. The number of carbonyl (C=O) groups excluding carboxylic acids is 1. The number of hydrogen-bond acceptors (Lipinski definition) is 3. The Kier molecular flexibility index (Phi) is 6.34. The lowest BCUT2D eigenvalue weighted by molar-refractivity contribution is -0.123. The minimum atomic E-state index is -0.343. The molecule has 1 aliphatic carbocycles. The van der Waals surface area contributed by atoms with E-state index in [1.807, 2.05) is 11.8 Å². The first-order chi connectivity index (χ1) is 8.02. The summed E-state index contributed by atoms with van der Waals surface area (Å²) in [7, 11) is 0. The van der Waals surface area contributed by atoms with Crippen LogP contribution in [0.2, 0.25) is 0 Å². The molecule has 1 fully saturated rings. The maximum absolute atomic E-state index is 11.9. The summed E-state index contributed by atoms with van der Waals surface area (Å²) in [6, 6.07) is -0.00318. The van der Waals surface area contributed by atoms with E-state index in [1.165, 1.54) is 12.8 Å². The highest BCUT2D eigenvalue weighted by Gasteiger charge is 2.24. The summed E-state index contributed by atoms with van der Waals surface area (Å²) in [6.45, 7) is 4.19. The maximum atomic E-state index is 11.9. The molecule has 0 saturated heterocycles. The minimum absolute atomic E-state index is 0.0328. The Balaban J connectivity index is 2.34. The smallest absolute Gasteiger partial charge is 0.237 e. The zero-order valence-corrected chi connectivity index (χ0v) is 12.1. The van der Waals surface area contributed by atoms with Crippen LogP contribution in [-0.4, -0.2) is 29.5 Å². The number of carbonyl (C=O) groups is 1. The van der Waals surface area contributed by atoms with E-state index in [2.05, 4.69) is 25.4 Å². The molecule has 0 aliphatic heterocycles. The van der Waals surface area contributed by atoms with Gasteiger partial charge in [0.2, 0.25) is 5.91 Å². The first-order valence-corrected chi connectivity index (χ1v) is 7.90. The van der Waals surface area contributed by atoms with E-state index in [1.54, 1.807) is 0 Å². The third-order valence-corrected chi connectivity index (χ3v) is 4.46. The molecule has 0 radical (unpaired) electrons. The molecule has 3 atom stereocenters. The fraction of sp³-hybridized carbons (Fsp3) is 0.923. The zero-order chi connectivity index (χ0) is 12.8. The quantitative estimate of drug-likeness (QED) is 0.794. The Hall–Kier alpha value is -0.220. The molecule has 4 heteroatoms. The number of amides is 1. The summed E-state index contributed by atoms with van der Waals surface area (Å²) in [5.74, 6) is 0.506. The van der Waals surface area contributed by atoms with Crippen LogP contribution in [0.1, 0.15) is 46.0 Å². The summed E-state index contributed by atoms with van der Waals surface area (Å²) in [4.78, 5) is 11.9. The molecule has 1 rings (SSSR count). The fourth-order valence-corrected chi connectivity index (χ4v) is 3.24. The number of nitrogens with one attached hydrogen (secondary N) is 1. The molecule has 0 aromatic heterocycles. The Bertz CT molecular complexity index is 246. The molecule has 0 aromatic rings. The largest absolute Gasteiger partial charge is 0.352 e. The second-order valence-corrected chi connectivity index (χ2v) is 6.60. The van der Waals surface area contributed by atoms with Crippen molar-refractivity contribution < 1.29 is 4.79 Å². The van der Waals surface area contributed by atoms with E-state index >= 15 is 0 Å². The average molecular weight is 258 g/mol. The van der Waals surface area contributed by atoms with E-state index in [9.17, 15) is 4.79 Å². The van der Waals surface area contributed by atoms with Gasteiger partial charge in [-0.25, -0.2) is 0 Å². The van der Waals surface area contributed by atoms with Crippen LogP contribution in [0.25, 0.3) is 0 Å². The summed E-state index contributed by atoms with van der Waals surface area (Å²) < 4.78 is 0. The van der Waals surface area contributed by atoms with E-state index in [0.29, 0.717) is 17.2 Å². The number of rotatable bonds is 5. The normalized spacial score (nSPS) is 26.9. The Morgan fingerprint density at radius 1 is 1.47 bits per heavy atom. The lowest BCUT2D eigenvalue weighted by Gasteiger charge is -2.29. The summed E-state index contributed by atoms with van der Waals surface area (Å²) in [5, 5.41) is 3.82. The van der Waals surface area contributed by atoms with Gasteiger partial charge in [-0.1, -0.05) is 20.3 Å². The standard InChI is InChI=1S/C13H26N2OS/c1-9(2)7-12(14)13(16)15-10-5-4-6-11(8-10)17-3/h9-12H,4-8,14H2,1-3H3,(H,15,16)/t10?,11?,12-/m0/s1. The van der Waals surface area contributed by atoms with Crippen molar-refractivity contribution >= 4 is 17.7 Å². The molecule has 2 unspecified atom stereocenters. The van der Waals surface area contributed by atoms with Gasteiger partial charge in [0, 0.05) is 11.3 Å². The zero-order valence-electron chi connectivity index (χ0n) is 11.2. The Morgan fingerprint density at radius 3 is 2.76 bits per heavy atom. The molecular weight excluding hydrogens is 232 g/mol. The van der Waals surface area contributed by atoms with E-state index in [4.69, 9.17) is 5.73 Å². The first-order valence-electron chi connectivity index (χ1n) is 6.61. The molecule has 1 aliphatic rings. The van der Waals surface area contributed by atoms with Crippen LogP contribution >= 0.6 is 11.8 Å². The highest BCUT2D eigenvalue weighted by atomic mass is 32.2. The highest BCUT2D eigenvalue weighted by molar-refractivity contribution is 7.99. The molecule has 0 heterocycles. The third-order valence-electron chi connectivity index (χ3n) is 3.37. The van der Waals surface area contributed by atoms with Crippen molar-refractivity contribution in [1.29, 1.82) is 0 Å². The summed E-state index contributed by atoms with van der Waals surface area (Å²) in [5.41, 5.74) is 5.89. The van der Waals surface area contributed by atoms with Crippen LogP contribution in [0, 0.1) is 5.92 Å². The van der Waals surface area contributed by atoms with Crippen LogP contribution in [0.4, 0.5) is 0 Å².